The Morgan fingerprint density at radius 2 is 1.76 bits per heavy atom. The number of rotatable bonds is 6. The Balaban J connectivity index is 1.21. The first kappa shape index (κ1) is 22.4. The maximum Gasteiger partial charge on any atom is 0.242 e. The van der Waals surface area contributed by atoms with Crippen LogP contribution in [0.15, 0.2) is 70.3 Å². The monoisotopic (exact) mass is 446 g/mol. The number of hydrogen-bond acceptors (Lipinski definition) is 5. The van der Waals surface area contributed by atoms with Crippen molar-refractivity contribution in [2.75, 3.05) is 44.7 Å². The van der Waals surface area contributed by atoms with Gasteiger partial charge in [0.05, 0.1) is 18.8 Å². The summed E-state index contributed by atoms with van der Waals surface area (Å²) in [6.45, 7) is 5.76. The Hall–Kier alpha value is -3.81. The third kappa shape index (κ3) is 5.91. The maximum atomic E-state index is 12.7. The molecule has 0 atom stereocenters. The zero-order chi connectivity index (χ0) is 23.0. The number of amides is 1. The number of carbonyl (C=O) groups is 1. The van der Waals surface area contributed by atoms with Gasteiger partial charge >= 0.3 is 0 Å². The Kier molecular flexibility index (Phi) is 7.24. The predicted molar refractivity (Wildman–Crippen MR) is 130 cm³/mol. The van der Waals surface area contributed by atoms with Crippen molar-refractivity contribution in [3.63, 3.8) is 0 Å². The zero-order valence-electron chi connectivity index (χ0n) is 19.1. The molecule has 8 heteroatoms. The number of aryl methyl sites for hydroxylation is 1. The van der Waals surface area contributed by atoms with Gasteiger partial charge in [0.1, 0.15) is 6.26 Å². The van der Waals surface area contributed by atoms with Crippen molar-refractivity contribution in [2.45, 2.75) is 13.5 Å². The van der Waals surface area contributed by atoms with Crippen LogP contribution in [0.2, 0.25) is 0 Å². The van der Waals surface area contributed by atoms with Crippen LogP contribution in [0.3, 0.4) is 0 Å². The number of para-hydroxylation sites is 1. The van der Waals surface area contributed by atoms with Crippen molar-refractivity contribution in [3.8, 4) is 11.5 Å². The first-order chi connectivity index (χ1) is 16.1. The predicted octanol–water partition coefficient (Wildman–Crippen LogP) is 2.66. The molecule has 1 fully saturated rings. The Labute approximate surface area is 194 Å². The van der Waals surface area contributed by atoms with E-state index in [0.717, 1.165) is 24.3 Å². The third-order valence-electron chi connectivity index (χ3n) is 5.67. The lowest BCUT2D eigenvalue weighted by Crippen LogP contribution is -2.52. The number of oxazole rings is 1. The lowest BCUT2D eigenvalue weighted by molar-refractivity contribution is -0.130. The van der Waals surface area contributed by atoms with Crippen molar-refractivity contribution < 1.29 is 9.21 Å². The van der Waals surface area contributed by atoms with Gasteiger partial charge in [0, 0.05) is 44.5 Å². The molecule has 172 valence electrons. The second kappa shape index (κ2) is 10.7. The molecule has 1 aliphatic heterocycles. The third-order valence-corrected chi connectivity index (χ3v) is 5.67. The molecule has 2 aromatic carbocycles. The molecule has 0 spiro atoms. The minimum absolute atomic E-state index is 0.0637. The van der Waals surface area contributed by atoms with Gasteiger partial charge in [-0.15, -0.1) is 0 Å². The summed E-state index contributed by atoms with van der Waals surface area (Å²) in [5.41, 5.74) is 4.09. The van der Waals surface area contributed by atoms with Crippen LogP contribution in [0.4, 0.5) is 5.69 Å². The molecular weight excluding hydrogens is 416 g/mol. The van der Waals surface area contributed by atoms with E-state index >= 15 is 0 Å². The van der Waals surface area contributed by atoms with Crippen LogP contribution in [0.25, 0.3) is 11.5 Å². The van der Waals surface area contributed by atoms with E-state index in [0.29, 0.717) is 31.5 Å². The molecule has 1 saturated heterocycles. The molecule has 1 amide bonds. The van der Waals surface area contributed by atoms with Crippen LogP contribution in [0, 0.1) is 6.92 Å². The molecular formula is C25H30N6O2. The molecule has 0 aliphatic carbocycles. The summed E-state index contributed by atoms with van der Waals surface area (Å²) >= 11 is 0. The molecule has 4 rings (SSSR count). The van der Waals surface area contributed by atoms with Crippen LogP contribution in [0.1, 0.15) is 11.3 Å². The second-order valence-electron chi connectivity index (χ2n) is 7.99. The highest BCUT2D eigenvalue weighted by molar-refractivity contribution is 5.86. The number of nitrogens with zero attached hydrogens (tertiary/aromatic N) is 4. The van der Waals surface area contributed by atoms with Crippen LogP contribution in [-0.2, 0) is 11.3 Å². The van der Waals surface area contributed by atoms with Gasteiger partial charge in [-0.3, -0.25) is 9.79 Å². The zero-order valence-corrected chi connectivity index (χ0v) is 19.1. The molecule has 8 nitrogen and oxygen atoms in total. The van der Waals surface area contributed by atoms with E-state index < -0.39 is 0 Å². The van der Waals surface area contributed by atoms with E-state index in [9.17, 15) is 4.79 Å². The number of anilines is 1. The first-order valence-electron chi connectivity index (χ1n) is 11.2. The van der Waals surface area contributed by atoms with E-state index in [1.54, 1.807) is 13.3 Å². The number of piperazine rings is 1. The maximum absolute atomic E-state index is 12.7. The first-order valence-corrected chi connectivity index (χ1v) is 11.2. The van der Waals surface area contributed by atoms with Gasteiger partial charge in [0.2, 0.25) is 11.8 Å². The standard InChI is InChI=1S/C25H30N6O2/c1-19-8-10-20(11-9-19)24-29-21(18-33-24)16-27-25(26-2)28-17-23(32)31-14-12-30(13-15-31)22-6-4-3-5-7-22/h3-11,18H,12-17H2,1-2H3,(H2,26,27,28). The molecule has 3 aromatic rings. The minimum atomic E-state index is 0.0637. The van der Waals surface area contributed by atoms with Gasteiger partial charge in [-0.25, -0.2) is 4.98 Å². The molecule has 2 N–H and O–H groups in total. The highest BCUT2D eigenvalue weighted by Crippen LogP contribution is 2.19. The average Bonchev–Trinajstić information content (AvgIpc) is 3.34. The molecule has 0 radical (unpaired) electrons. The van der Waals surface area contributed by atoms with Crippen molar-refractivity contribution >= 4 is 17.6 Å². The fourth-order valence-corrected chi connectivity index (χ4v) is 3.74. The average molecular weight is 447 g/mol. The van der Waals surface area contributed by atoms with Crippen molar-refractivity contribution in [2.24, 2.45) is 4.99 Å². The van der Waals surface area contributed by atoms with Crippen LogP contribution in [0.5, 0.6) is 0 Å². The molecule has 0 unspecified atom stereocenters. The molecule has 1 aliphatic rings. The van der Waals surface area contributed by atoms with E-state index in [1.807, 2.05) is 54.3 Å². The van der Waals surface area contributed by atoms with Crippen LogP contribution < -0.4 is 15.5 Å². The number of hydrogen-bond donors (Lipinski definition) is 2. The lowest BCUT2D eigenvalue weighted by atomic mass is 10.1. The Bertz CT molecular complexity index is 1070. The largest absolute Gasteiger partial charge is 0.444 e. The summed E-state index contributed by atoms with van der Waals surface area (Å²) in [6.07, 6.45) is 1.63. The lowest BCUT2D eigenvalue weighted by Gasteiger charge is -2.36. The quantitative estimate of drug-likeness (QED) is 0.447. The van der Waals surface area contributed by atoms with Crippen molar-refractivity contribution in [1.29, 1.82) is 0 Å². The highest BCUT2D eigenvalue weighted by atomic mass is 16.3. The van der Waals surface area contributed by atoms with Crippen molar-refractivity contribution in [1.82, 2.24) is 20.5 Å². The number of aromatic nitrogens is 1. The summed E-state index contributed by atoms with van der Waals surface area (Å²) in [5, 5.41) is 6.28. The Morgan fingerprint density at radius 1 is 1.03 bits per heavy atom. The smallest absolute Gasteiger partial charge is 0.242 e. The fraction of sp³-hybridized carbons (Fsp3) is 0.320. The van der Waals surface area contributed by atoms with Crippen molar-refractivity contribution in [3.05, 3.63) is 72.1 Å². The van der Waals surface area contributed by atoms with E-state index in [2.05, 4.69) is 37.6 Å². The van der Waals surface area contributed by atoms with Gasteiger partial charge in [-0.05, 0) is 31.2 Å². The fourth-order valence-electron chi connectivity index (χ4n) is 3.74. The SMILES string of the molecule is CN=C(NCC(=O)N1CCN(c2ccccc2)CC1)NCc1coc(-c2ccc(C)cc2)n1. The molecule has 33 heavy (non-hydrogen) atoms. The minimum Gasteiger partial charge on any atom is -0.444 e. The van der Waals surface area contributed by atoms with Gasteiger partial charge in [0.25, 0.3) is 0 Å². The molecule has 0 bridgehead atoms. The van der Waals surface area contributed by atoms with E-state index in [1.165, 1.54) is 11.3 Å². The van der Waals surface area contributed by atoms with Gasteiger partial charge < -0.3 is 24.9 Å². The molecule has 0 saturated carbocycles. The van der Waals surface area contributed by atoms with E-state index in [4.69, 9.17) is 4.42 Å². The summed E-state index contributed by atoms with van der Waals surface area (Å²) < 4.78 is 5.60. The normalized spacial score (nSPS) is 14.3. The summed E-state index contributed by atoms with van der Waals surface area (Å²) in [7, 11) is 1.68. The van der Waals surface area contributed by atoms with E-state index in [-0.39, 0.29) is 12.5 Å². The number of nitrogens with one attached hydrogen (secondary N) is 2. The topological polar surface area (TPSA) is 86.0 Å². The number of benzene rings is 2. The molecule has 1 aromatic heterocycles. The second-order valence-corrected chi connectivity index (χ2v) is 7.99. The van der Waals surface area contributed by atoms with Crippen LogP contribution >= 0.6 is 0 Å². The van der Waals surface area contributed by atoms with Gasteiger partial charge in [-0.1, -0.05) is 35.9 Å². The number of aliphatic imine (C=N–C) groups is 1. The van der Waals surface area contributed by atoms with Crippen LogP contribution in [-0.4, -0.2) is 61.5 Å². The number of carbonyl (C=O) groups excluding carboxylic acids is 1. The highest BCUT2D eigenvalue weighted by Gasteiger charge is 2.21. The summed E-state index contributed by atoms with van der Waals surface area (Å²) in [5.74, 6) is 1.19. The van der Waals surface area contributed by atoms with Gasteiger partial charge in [0.15, 0.2) is 5.96 Å². The summed E-state index contributed by atoms with van der Waals surface area (Å²) in [4.78, 5) is 25.6. The Morgan fingerprint density at radius 3 is 2.45 bits per heavy atom. The number of guanidine groups is 1. The summed E-state index contributed by atoms with van der Waals surface area (Å²) in [6, 6.07) is 18.3. The molecule has 2 heterocycles. The van der Waals surface area contributed by atoms with Gasteiger partial charge in [-0.2, -0.15) is 0 Å².